The van der Waals surface area contributed by atoms with Gasteiger partial charge in [0.05, 0.1) is 7.11 Å². The molecule has 0 N–H and O–H groups in total. The lowest BCUT2D eigenvalue weighted by atomic mass is 9.95. The van der Waals surface area contributed by atoms with Crippen LogP contribution in [0, 0.1) is 5.92 Å². The molecule has 1 saturated carbocycles. The quantitative estimate of drug-likeness (QED) is 0.363. The van der Waals surface area contributed by atoms with Gasteiger partial charge in [-0.05, 0) is 64.7 Å². The molecule has 7 heteroatoms. The van der Waals surface area contributed by atoms with Crippen LogP contribution in [0.5, 0.6) is 0 Å². The second kappa shape index (κ2) is 10.2. The van der Waals surface area contributed by atoms with E-state index in [9.17, 15) is 14.4 Å². The van der Waals surface area contributed by atoms with Crippen LogP contribution >= 0.6 is 0 Å². The SMILES string of the molecule is COC(=O)[C@]1(N(C(=O)OC(C)(C)C)C(=O)OC(C)(C)C)C[C@@H]1C=C(c1ccccc1)c1ccccc1. The van der Waals surface area contributed by atoms with Gasteiger partial charge in [0, 0.05) is 5.92 Å². The summed E-state index contributed by atoms with van der Waals surface area (Å²) >= 11 is 0. The van der Waals surface area contributed by atoms with Crippen molar-refractivity contribution >= 4 is 23.7 Å². The Kier molecular flexibility index (Phi) is 7.62. The highest BCUT2D eigenvalue weighted by Crippen LogP contribution is 2.53. The first kappa shape index (κ1) is 27.0. The second-order valence-corrected chi connectivity index (χ2v) is 10.8. The molecule has 0 saturated heterocycles. The fourth-order valence-electron chi connectivity index (χ4n) is 4.04. The highest BCUT2D eigenvalue weighted by molar-refractivity contribution is 6.00. The Morgan fingerprint density at radius 2 is 1.22 bits per heavy atom. The number of amides is 2. The lowest BCUT2D eigenvalue weighted by Gasteiger charge is -2.33. The standard InChI is InChI=1S/C29H35NO6/c1-27(2,3)35-25(32)30(26(33)36-28(4,5)6)29(24(31)34-7)19-22(29)18-23(20-14-10-8-11-15-20)21-16-12-9-13-17-21/h8-18,22H,19H2,1-7H3/t22-,29-/m0/s1. The van der Waals surface area contributed by atoms with Crippen molar-refractivity contribution < 1.29 is 28.6 Å². The average Bonchev–Trinajstić information content (AvgIpc) is 3.49. The third-order valence-electron chi connectivity index (χ3n) is 5.61. The van der Waals surface area contributed by atoms with E-state index in [1.54, 1.807) is 41.5 Å². The minimum atomic E-state index is -1.59. The van der Waals surface area contributed by atoms with Gasteiger partial charge in [-0.25, -0.2) is 14.4 Å². The summed E-state index contributed by atoms with van der Waals surface area (Å²) in [6.07, 6.45) is 0.183. The van der Waals surface area contributed by atoms with Crippen molar-refractivity contribution in [1.82, 2.24) is 4.90 Å². The van der Waals surface area contributed by atoms with E-state index in [4.69, 9.17) is 14.2 Å². The number of ether oxygens (including phenoxy) is 3. The van der Waals surface area contributed by atoms with Crippen LogP contribution in [-0.4, -0.2) is 46.9 Å². The topological polar surface area (TPSA) is 82.1 Å². The molecule has 1 aliphatic carbocycles. The van der Waals surface area contributed by atoms with E-state index >= 15 is 0 Å². The third kappa shape index (κ3) is 6.14. The number of methoxy groups -OCH3 is 1. The number of hydrogen-bond donors (Lipinski definition) is 0. The van der Waals surface area contributed by atoms with Crippen molar-refractivity contribution in [2.24, 2.45) is 5.92 Å². The van der Waals surface area contributed by atoms with Crippen LogP contribution < -0.4 is 0 Å². The van der Waals surface area contributed by atoms with Gasteiger partial charge in [0.25, 0.3) is 0 Å². The van der Waals surface area contributed by atoms with E-state index in [0.29, 0.717) is 0 Å². The fraction of sp³-hybridized carbons (Fsp3) is 0.414. The lowest BCUT2D eigenvalue weighted by molar-refractivity contribution is -0.149. The molecule has 3 rings (SSSR count). The molecule has 0 radical (unpaired) electrons. The Hall–Kier alpha value is -3.61. The van der Waals surface area contributed by atoms with Crippen molar-refractivity contribution in [1.29, 1.82) is 0 Å². The maximum Gasteiger partial charge on any atom is 0.420 e. The molecule has 2 atom stereocenters. The van der Waals surface area contributed by atoms with Gasteiger partial charge in [0.15, 0.2) is 5.54 Å². The zero-order chi connectivity index (χ0) is 26.7. The van der Waals surface area contributed by atoms with Crippen molar-refractivity contribution in [3.8, 4) is 0 Å². The molecule has 0 aromatic heterocycles. The highest BCUT2D eigenvalue weighted by atomic mass is 16.6. The summed E-state index contributed by atoms with van der Waals surface area (Å²) in [5.41, 5.74) is -0.623. The average molecular weight is 494 g/mol. The van der Waals surface area contributed by atoms with Crippen LogP contribution in [0.3, 0.4) is 0 Å². The van der Waals surface area contributed by atoms with Crippen LogP contribution in [-0.2, 0) is 19.0 Å². The van der Waals surface area contributed by atoms with Crippen LogP contribution in [0.1, 0.15) is 59.1 Å². The van der Waals surface area contributed by atoms with Crippen molar-refractivity contribution in [3.05, 3.63) is 77.9 Å². The van der Waals surface area contributed by atoms with Gasteiger partial charge in [-0.15, -0.1) is 0 Å². The first-order valence-corrected chi connectivity index (χ1v) is 12.0. The molecule has 0 spiro atoms. The summed E-state index contributed by atoms with van der Waals surface area (Å²) in [7, 11) is 1.24. The summed E-state index contributed by atoms with van der Waals surface area (Å²) < 4.78 is 16.2. The summed E-state index contributed by atoms with van der Waals surface area (Å²) in [5, 5.41) is 0. The zero-order valence-corrected chi connectivity index (χ0v) is 22.0. The van der Waals surface area contributed by atoms with Crippen molar-refractivity contribution in [3.63, 3.8) is 0 Å². The van der Waals surface area contributed by atoms with Gasteiger partial charge >= 0.3 is 18.2 Å². The molecule has 192 valence electrons. The smallest absolute Gasteiger partial charge is 0.420 e. The fourth-order valence-corrected chi connectivity index (χ4v) is 4.04. The Labute approximate surface area is 213 Å². The monoisotopic (exact) mass is 493 g/mol. The molecular weight excluding hydrogens is 458 g/mol. The summed E-state index contributed by atoms with van der Waals surface area (Å²) in [4.78, 5) is 40.7. The predicted molar refractivity (Wildman–Crippen MR) is 137 cm³/mol. The van der Waals surface area contributed by atoms with E-state index in [0.717, 1.165) is 21.6 Å². The zero-order valence-electron chi connectivity index (χ0n) is 22.0. The predicted octanol–water partition coefficient (Wildman–Crippen LogP) is 6.22. The highest BCUT2D eigenvalue weighted by Gasteiger charge is 2.69. The molecule has 1 aliphatic rings. The van der Waals surface area contributed by atoms with Crippen LogP contribution in [0.4, 0.5) is 9.59 Å². The Balaban J connectivity index is 2.12. The first-order valence-electron chi connectivity index (χ1n) is 12.0. The van der Waals surface area contributed by atoms with Crippen LogP contribution in [0.2, 0.25) is 0 Å². The van der Waals surface area contributed by atoms with Crippen molar-refractivity contribution in [2.45, 2.75) is 64.7 Å². The minimum Gasteiger partial charge on any atom is -0.467 e. The second-order valence-electron chi connectivity index (χ2n) is 10.8. The first-order chi connectivity index (χ1) is 16.8. The molecule has 1 fully saturated rings. The Morgan fingerprint density at radius 3 is 1.58 bits per heavy atom. The molecular formula is C29H35NO6. The number of carbonyl (C=O) groups is 3. The Morgan fingerprint density at radius 1 is 0.806 bits per heavy atom. The Bertz CT molecular complexity index is 1060. The normalized spacial score (nSPS) is 19.0. The number of nitrogens with zero attached hydrogens (tertiary/aromatic N) is 1. The van der Waals surface area contributed by atoms with E-state index < -0.39 is 40.8 Å². The largest absolute Gasteiger partial charge is 0.467 e. The third-order valence-corrected chi connectivity index (χ3v) is 5.61. The number of hydrogen-bond acceptors (Lipinski definition) is 6. The number of esters is 1. The van der Waals surface area contributed by atoms with Crippen molar-refractivity contribution in [2.75, 3.05) is 7.11 Å². The maximum atomic E-state index is 13.3. The van der Waals surface area contributed by atoms with E-state index in [-0.39, 0.29) is 6.42 Å². The summed E-state index contributed by atoms with van der Waals surface area (Å²) in [6.45, 7) is 10.1. The minimum absolute atomic E-state index is 0.182. The van der Waals surface area contributed by atoms with Gasteiger partial charge in [-0.1, -0.05) is 66.7 Å². The molecule has 2 amide bonds. The molecule has 2 aromatic carbocycles. The number of rotatable bonds is 5. The van der Waals surface area contributed by atoms with E-state index in [2.05, 4.69) is 0 Å². The molecule has 0 aliphatic heterocycles. The number of benzene rings is 2. The van der Waals surface area contributed by atoms with Gasteiger partial charge in [0.1, 0.15) is 11.2 Å². The lowest BCUT2D eigenvalue weighted by Crippen LogP contribution is -2.55. The van der Waals surface area contributed by atoms with Gasteiger partial charge in [-0.3, -0.25) is 0 Å². The number of carbonyl (C=O) groups excluding carboxylic acids is 3. The molecule has 0 unspecified atom stereocenters. The summed E-state index contributed by atoms with van der Waals surface area (Å²) in [5.74, 6) is -1.22. The molecule has 36 heavy (non-hydrogen) atoms. The van der Waals surface area contributed by atoms with Gasteiger partial charge in [-0.2, -0.15) is 4.90 Å². The molecule has 7 nitrogen and oxygen atoms in total. The van der Waals surface area contributed by atoms with Crippen LogP contribution in [0.15, 0.2) is 66.7 Å². The summed E-state index contributed by atoms with van der Waals surface area (Å²) in [6, 6.07) is 19.5. The molecule has 0 bridgehead atoms. The molecule has 0 heterocycles. The van der Waals surface area contributed by atoms with Gasteiger partial charge in [0.2, 0.25) is 0 Å². The van der Waals surface area contributed by atoms with Crippen LogP contribution in [0.25, 0.3) is 5.57 Å². The number of imide groups is 1. The van der Waals surface area contributed by atoms with Gasteiger partial charge < -0.3 is 14.2 Å². The van der Waals surface area contributed by atoms with E-state index in [1.807, 2.05) is 66.7 Å². The molecule has 2 aromatic rings. The maximum absolute atomic E-state index is 13.3. The van der Waals surface area contributed by atoms with E-state index in [1.165, 1.54) is 7.11 Å².